The molecule has 1 unspecified atom stereocenters. The summed E-state index contributed by atoms with van der Waals surface area (Å²) < 4.78 is 0. The molecule has 0 saturated carbocycles. The molecule has 0 bridgehead atoms. The predicted octanol–water partition coefficient (Wildman–Crippen LogP) is 1.64. The first-order valence-corrected chi connectivity index (χ1v) is 8.02. The average Bonchev–Trinajstić information content (AvgIpc) is 2.90. The molecular weight excluding hydrogens is 302 g/mol. The van der Waals surface area contributed by atoms with Crippen molar-refractivity contribution < 1.29 is 9.59 Å². The van der Waals surface area contributed by atoms with E-state index in [9.17, 15) is 9.59 Å². The number of nitrogens with zero attached hydrogens (tertiary/aromatic N) is 2. The highest BCUT2D eigenvalue weighted by molar-refractivity contribution is 6.30. The van der Waals surface area contributed by atoms with Crippen molar-refractivity contribution in [3.8, 4) is 0 Å². The van der Waals surface area contributed by atoms with Crippen molar-refractivity contribution in [2.45, 2.75) is 25.3 Å². The average molecular weight is 322 g/mol. The maximum absolute atomic E-state index is 12.6. The number of carbonyl (C=O) groups excluding carboxylic acids is 2. The molecule has 5 nitrogen and oxygen atoms in total. The maximum atomic E-state index is 12.6. The van der Waals surface area contributed by atoms with Crippen LogP contribution in [-0.4, -0.2) is 42.4 Å². The predicted molar refractivity (Wildman–Crippen MR) is 85.7 cm³/mol. The van der Waals surface area contributed by atoms with E-state index in [1.54, 1.807) is 17.0 Å². The second kappa shape index (κ2) is 6.26. The second-order valence-electron chi connectivity index (χ2n) is 6.04. The van der Waals surface area contributed by atoms with Crippen LogP contribution in [0, 0.1) is 5.92 Å². The molecule has 1 atom stereocenters. The molecule has 0 aliphatic carbocycles. The van der Waals surface area contributed by atoms with Crippen LogP contribution >= 0.6 is 11.6 Å². The second-order valence-corrected chi connectivity index (χ2v) is 6.48. The van der Waals surface area contributed by atoms with E-state index in [1.165, 1.54) is 0 Å². The van der Waals surface area contributed by atoms with Crippen LogP contribution in [0.15, 0.2) is 24.3 Å². The number of amides is 2. The normalized spacial score (nSPS) is 23.2. The Morgan fingerprint density at radius 2 is 1.82 bits per heavy atom. The van der Waals surface area contributed by atoms with E-state index >= 15 is 0 Å². The number of nitrogens with two attached hydrogens (primary N) is 1. The molecule has 3 rings (SSSR count). The Hall–Kier alpha value is -1.59. The first kappa shape index (κ1) is 15.3. The Bertz CT molecular complexity index is 567. The number of carbonyl (C=O) groups is 2. The molecular formula is C16H20ClN3O2. The highest BCUT2D eigenvalue weighted by Gasteiger charge is 2.37. The molecule has 0 aromatic heterocycles. The fourth-order valence-electron chi connectivity index (χ4n) is 3.12. The molecule has 22 heavy (non-hydrogen) atoms. The number of rotatable bonds is 2. The van der Waals surface area contributed by atoms with Gasteiger partial charge in [-0.1, -0.05) is 11.6 Å². The summed E-state index contributed by atoms with van der Waals surface area (Å²) in [6.45, 7) is 1.85. The van der Waals surface area contributed by atoms with Crippen molar-refractivity contribution in [3.63, 3.8) is 0 Å². The Morgan fingerprint density at radius 1 is 1.18 bits per heavy atom. The quantitative estimate of drug-likeness (QED) is 0.900. The third-order valence-corrected chi connectivity index (χ3v) is 4.72. The van der Waals surface area contributed by atoms with Gasteiger partial charge in [0.15, 0.2) is 0 Å². The SMILES string of the molecule is NC1CCN(C(=O)C2CC(=O)N(c3ccc(Cl)cc3)C2)CC1. The molecule has 2 heterocycles. The molecule has 2 fully saturated rings. The van der Waals surface area contributed by atoms with E-state index in [0.29, 0.717) is 24.7 Å². The molecule has 2 aliphatic rings. The van der Waals surface area contributed by atoms with E-state index in [2.05, 4.69) is 0 Å². The van der Waals surface area contributed by atoms with Gasteiger partial charge in [0.05, 0.1) is 5.92 Å². The summed E-state index contributed by atoms with van der Waals surface area (Å²) in [5.41, 5.74) is 6.67. The van der Waals surface area contributed by atoms with Gasteiger partial charge in [0.2, 0.25) is 11.8 Å². The summed E-state index contributed by atoms with van der Waals surface area (Å²) in [4.78, 5) is 28.3. The van der Waals surface area contributed by atoms with Gasteiger partial charge in [-0.2, -0.15) is 0 Å². The molecule has 0 spiro atoms. The van der Waals surface area contributed by atoms with Crippen molar-refractivity contribution in [2.75, 3.05) is 24.5 Å². The zero-order valence-corrected chi connectivity index (χ0v) is 13.1. The minimum atomic E-state index is -0.252. The number of hydrogen-bond acceptors (Lipinski definition) is 3. The lowest BCUT2D eigenvalue weighted by molar-refractivity contribution is -0.136. The molecule has 2 amide bonds. The fourth-order valence-corrected chi connectivity index (χ4v) is 3.25. The number of likely N-dealkylation sites (tertiary alicyclic amines) is 1. The minimum absolute atomic E-state index is 0.00520. The topological polar surface area (TPSA) is 66.6 Å². The van der Waals surface area contributed by atoms with Crippen molar-refractivity contribution >= 4 is 29.1 Å². The lowest BCUT2D eigenvalue weighted by Gasteiger charge is -2.31. The number of benzene rings is 1. The Morgan fingerprint density at radius 3 is 2.45 bits per heavy atom. The molecule has 0 radical (unpaired) electrons. The highest BCUT2D eigenvalue weighted by atomic mass is 35.5. The van der Waals surface area contributed by atoms with Crippen molar-refractivity contribution in [1.82, 2.24) is 4.90 Å². The summed E-state index contributed by atoms with van der Waals surface area (Å²) in [6.07, 6.45) is 1.96. The van der Waals surface area contributed by atoms with Crippen LogP contribution in [0.3, 0.4) is 0 Å². The smallest absolute Gasteiger partial charge is 0.228 e. The van der Waals surface area contributed by atoms with Crippen LogP contribution in [-0.2, 0) is 9.59 Å². The van der Waals surface area contributed by atoms with Crippen LogP contribution < -0.4 is 10.6 Å². The van der Waals surface area contributed by atoms with E-state index in [-0.39, 0.29) is 30.2 Å². The van der Waals surface area contributed by atoms with Crippen LogP contribution in [0.2, 0.25) is 5.02 Å². The Balaban J connectivity index is 1.66. The van der Waals surface area contributed by atoms with Gasteiger partial charge >= 0.3 is 0 Å². The van der Waals surface area contributed by atoms with E-state index < -0.39 is 0 Å². The summed E-state index contributed by atoms with van der Waals surface area (Å²) >= 11 is 5.87. The molecule has 2 N–H and O–H groups in total. The molecule has 2 aliphatic heterocycles. The summed E-state index contributed by atoms with van der Waals surface area (Å²) in [7, 11) is 0. The summed E-state index contributed by atoms with van der Waals surface area (Å²) in [5.74, 6) is -0.177. The number of anilines is 1. The Labute approximate surface area is 135 Å². The first-order chi connectivity index (χ1) is 10.5. The number of halogens is 1. The summed E-state index contributed by atoms with van der Waals surface area (Å²) in [5, 5.41) is 0.632. The van der Waals surface area contributed by atoms with Gasteiger partial charge in [-0.25, -0.2) is 0 Å². The molecule has 118 valence electrons. The number of hydrogen-bond donors (Lipinski definition) is 1. The van der Waals surface area contributed by atoms with E-state index in [0.717, 1.165) is 18.5 Å². The van der Waals surface area contributed by atoms with Gasteiger partial charge in [0, 0.05) is 42.8 Å². The zero-order chi connectivity index (χ0) is 15.7. The standard InChI is InChI=1S/C16H20ClN3O2/c17-12-1-3-14(4-2-12)20-10-11(9-15(20)21)16(22)19-7-5-13(18)6-8-19/h1-4,11,13H,5-10,18H2. The van der Waals surface area contributed by atoms with E-state index in [4.69, 9.17) is 17.3 Å². The van der Waals surface area contributed by atoms with Crippen LogP contribution in [0.4, 0.5) is 5.69 Å². The fraction of sp³-hybridized carbons (Fsp3) is 0.500. The van der Waals surface area contributed by atoms with Crippen LogP contribution in [0.25, 0.3) is 0 Å². The van der Waals surface area contributed by atoms with Gasteiger partial charge in [-0.3, -0.25) is 9.59 Å². The third-order valence-electron chi connectivity index (χ3n) is 4.46. The van der Waals surface area contributed by atoms with Gasteiger partial charge in [0.25, 0.3) is 0 Å². The molecule has 1 aromatic rings. The van der Waals surface area contributed by atoms with Gasteiger partial charge in [-0.05, 0) is 37.1 Å². The van der Waals surface area contributed by atoms with Crippen molar-refractivity contribution in [1.29, 1.82) is 0 Å². The lowest BCUT2D eigenvalue weighted by Crippen LogP contribution is -2.45. The van der Waals surface area contributed by atoms with E-state index in [1.807, 2.05) is 17.0 Å². The van der Waals surface area contributed by atoms with Gasteiger partial charge in [-0.15, -0.1) is 0 Å². The third kappa shape index (κ3) is 3.10. The summed E-state index contributed by atoms with van der Waals surface area (Å²) in [6, 6.07) is 7.33. The monoisotopic (exact) mass is 321 g/mol. The lowest BCUT2D eigenvalue weighted by atomic mass is 10.0. The maximum Gasteiger partial charge on any atom is 0.228 e. The molecule has 2 saturated heterocycles. The van der Waals surface area contributed by atoms with Crippen LogP contribution in [0.1, 0.15) is 19.3 Å². The van der Waals surface area contributed by atoms with Crippen molar-refractivity contribution in [3.05, 3.63) is 29.3 Å². The Kier molecular flexibility index (Phi) is 4.36. The van der Waals surface area contributed by atoms with Crippen LogP contribution in [0.5, 0.6) is 0 Å². The van der Waals surface area contributed by atoms with Gasteiger partial charge in [0.1, 0.15) is 0 Å². The highest BCUT2D eigenvalue weighted by Crippen LogP contribution is 2.28. The molecule has 1 aromatic carbocycles. The largest absolute Gasteiger partial charge is 0.342 e. The van der Waals surface area contributed by atoms with Gasteiger partial charge < -0.3 is 15.5 Å². The van der Waals surface area contributed by atoms with Crippen molar-refractivity contribution in [2.24, 2.45) is 11.7 Å². The molecule has 6 heteroatoms. The number of piperidine rings is 1. The zero-order valence-electron chi connectivity index (χ0n) is 12.4. The minimum Gasteiger partial charge on any atom is -0.342 e. The first-order valence-electron chi connectivity index (χ1n) is 7.65.